The Hall–Kier alpha value is -2.37. The van der Waals surface area contributed by atoms with Crippen molar-refractivity contribution in [2.45, 2.75) is 70.8 Å². The van der Waals surface area contributed by atoms with Gasteiger partial charge in [0.25, 0.3) is 0 Å². The van der Waals surface area contributed by atoms with Gasteiger partial charge in [0.1, 0.15) is 5.75 Å². The molecule has 1 fully saturated rings. The molecule has 2 aromatic rings. The fourth-order valence-electron chi connectivity index (χ4n) is 4.12. The van der Waals surface area contributed by atoms with Crippen LogP contribution >= 0.6 is 0 Å². The Morgan fingerprint density at radius 3 is 1.85 bits per heavy atom. The fraction of sp³-hybridized carbons (Fsp3) is 0.552. The molecule has 2 aromatic carbocycles. The normalized spacial score (nSPS) is 17.3. The van der Waals surface area contributed by atoms with Gasteiger partial charge in [-0.15, -0.1) is 0 Å². The zero-order chi connectivity index (χ0) is 24.0. The smallest absolute Gasteiger partial charge is 0.335 e. The Labute approximate surface area is 204 Å². The number of unbranched alkanes of at least 4 members (excludes halogenated alkanes) is 8. The van der Waals surface area contributed by atoms with Crippen molar-refractivity contribution in [1.82, 2.24) is 0 Å². The summed E-state index contributed by atoms with van der Waals surface area (Å²) in [5.74, 6) is 0.637. The van der Waals surface area contributed by atoms with Crippen molar-refractivity contribution in [3.63, 3.8) is 0 Å². The topological polar surface area (TPSA) is 65.0 Å². The monoisotopic (exact) mass is 468 g/mol. The van der Waals surface area contributed by atoms with E-state index in [9.17, 15) is 4.79 Å². The molecule has 0 bridgehead atoms. The first-order valence-electron chi connectivity index (χ1n) is 12.9. The Morgan fingerprint density at radius 2 is 1.35 bits per heavy atom. The number of carbonyl (C=O) groups is 1. The Kier molecular flexibility index (Phi) is 11.4. The van der Waals surface area contributed by atoms with E-state index in [1.54, 1.807) is 12.1 Å². The maximum absolute atomic E-state index is 11.0. The molecule has 0 aliphatic carbocycles. The van der Waals surface area contributed by atoms with Gasteiger partial charge >= 0.3 is 5.97 Å². The van der Waals surface area contributed by atoms with E-state index in [4.69, 9.17) is 19.3 Å². The van der Waals surface area contributed by atoms with E-state index < -0.39 is 5.97 Å². The van der Waals surface area contributed by atoms with Gasteiger partial charge < -0.3 is 19.3 Å². The van der Waals surface area contributed by atoms with Crippen LogP contribution in [0.15, 0.2) is 48.5 Å². The van der Waals surface area contributed by atoms with Crippen molar-refractivity contribution < 1.29 is 24.1 Å². The molecular formula is C29H40O5. The van der Waals surface area contributed by atoms with E-state index in [2.05, 4.69) is 6.92 Å². The lowest BCUT2D eigenvalue weighted by Crippen LogP contribution is -2.41. The standard InChI is InChI=1S/C29H40O5/c1-23-21-34-28(23)22-32-19-9-7-5-3-2-4-6-8-10-20-33-27-17-15-25(16-18-27)24-11-13-26(14-12-24)29(30)31/h11-18,23,28H,2-10,19-22H2,1H3,(H,30,31). The maximum atomic E-state index is 11.0. The molecule has 1 saturated heterocycles. The van der Waals surface area contributed by atoms with Crippen LogP contribution in [0.4, 0.5) is 0 Å². The number of carboxylic acid groups (broad SMARTS) is 1. The number of hydrogen-bond acceptors (Lipinski definition) is 4. The molecule has 0 amide bonds. The highest BCUT2D eigenvalue weighted by atomic mass is 16.5. The quantitative estimate of drug-likeness (QED) is 0.253. The molecule has 1 aliphatic heterocycles. The van der Waals surface area contributed by atoms with Gasteiger partial charge in [0, 0.05) is 12.5 Å². The minimum atomic E-state index is -0.906. The molecular weight excluding hydrogens is 428 g/mol. The second kappa shape index (κ2) is 14.8. The summed E-state index contributed by atoms with van der Waals surface area (Å²) in [6, 6.07) is 14.9. The van der Waals surface area contributed by atoms with Gasteiger partial charge in [-0.2, -0.15) is 0 Å². The third kappa shape index (κ3) is 9.11. The van der Waals surface area contributed by atoms with E-state index in [1.165, 1.54) is 44.9 Å². The Balaban J connectivity index is 1.13. The van der Waals surface area contributed by atoms with Gasteiger partial charge in [-0.1, -0.05) is 76.1 Å². The van der Waals surface area contributed by atoms with E-state index in [-0.39, 0.29) is 0 Å². The van der Waals surface area contributed by atoms with E-state index >= 15 is 0 Å². The van der Waals surface area contributed by atoms with Crippen LogP contribution in [0.3, 0.4) is 0 Å². The largest absolute Gasteiger partial charge is 0.494 e. The van der Waals surface area contributed by atoms with Crippen LogP contribution in [-0.2, 0) is 9.47 Å². The zero-order valence-electron chi connectivity index (χ0n) is 20.5. The Bertz CT molecular complexity index is 831. The summed E-state index contributed by atoms with van der Waals surface area (Å²) in [5, 5.41) is 9.00. The lowest BCUT2D eigenvalue weighted by atomic mass is 10.0. The summed E-state index contributed by atoms with van der Waals surface area (Å²) in [5.41, 5.74) is 2.35. The third-order valence-electron chi connectivity index (χ3n) is 6.51. The van der Waals surface area contributed by atoms with Crippen LogP contribution in [0.5, 0.6) is 5.75 Å². The second-order valence-corrected chi connectivity index (χ2v) is 9.36. The van der Waals surface area contributed by atoms with Gasteiger partial charge in [-0.05, 0) is 48.2 Å². The number of aromatic carboxylic acids is 1. The number of ether oxygens (including phenoxy) is 3. The number of benzene rings is 2. The van der Waals surface area contributed by atoms with Crippen LogP contribution < -0.4 is 4.74 Å². The van der Waals surface area contributed by atoms with Crippen molar-refractivity contribution in [2.24, 2.45) is 5.92 Å². The highest BCUT2D eigenvalue weighted by Gasteiger charge is 2.27. The number of hydrogen-bond donors (Lipinski definition) is 1. The van der Waals surface area contributed by atoms with E-state index in [1.807, 2.05) is 36.4 Å². The predicted molar refractivity (Wildman–Crippen MR) is 136 cm³/mol. The Morgan fingerprint density at radius 1 is 0.824 bits per heavy atom. The minimum Gasteiger partial charge on any atom is -0.494 e. The van der Waals surface area contributed by atoms with Gasteiger partial charge in [0.2, 0.25) is 0 Å². The lowest BCUT2D eigenvalue weighted by molar-refractivity contribution is -0.139. The summed E-state index contributed by atoms with van der Waals surface area (Å²) < 4.78 is 17.0. The van der Waals surface area contributed by atoms with Crippen LogP contribution in [0.1, 0.15) is 75.1 Å². The molecule has 3 rings (SSSR count). The summed E-state index contributed by atoms with van der Waals surface area (Å²) >= 11 is 0. The lowest BCUT2D eigenvalue weighted by Gasteiger charge is -2.33. The van der Waals surface area contributed by atoms with Gasteiger partial charge in [-0.25, -0.2) is 4.79 Å². The summed E-state index contributed by atoms with van der Waals surface area (Å²) in [7, 11) is 0. The molecule has 1 aliphatic rings. The predicted octanol–water partition coefficient (Wildman–Crippen LogP) is 6.99. The van der Waals surface area contributed by atoms with Crippen molar-refractivity contribution in [3.05, 3.63) is 54.1 Å². The van der Waals surface area contributed by atoms with Gasteiger partial charge in [0.15, 0.2) is 0 Å². The molecule has 2 atom stereocenters. The first kappa shape index (κ1) is 26.2. The van der Waals surface area contributed by atoms with Crippen molar-refractivity contribution in [3.8, 4) is 16.9 Å². The van der Waals surface area contributed by atoms with Crippen LogP contribution in [-0.4, -0.2) is 43.6 Å². The highest BCUT2D eigenvalue weighted by molar-refractivity contribution is 5.88. The van der Waals surface area contributed by atoms with Gasteiger partial charge in [-0.3, -0.25) is 0 Å². The average Bonchev–Trinajstić information content (AvgIpc) is 2.85. The van der Waals surface area contributed by atoms with Crippen molar-refractivity contribution >= 4 is 5.97 Å². The van der Waals surface area contributed by atoms with E-state index in [0.29, 0.717) is 17.6 Å². The first-order valence-corrected chi connectivity index (χ1v) is 12.9. The van der Waals surface area contributed by atoms with Crippen LogP contribution in [0.25, 0.3) is 11.1 Å². The third-order valence-corrected chi connectivity index (χ3v) is 6.51. The molecule has 0 spiro atoms. The molecule has 0 saturated carbocycles. The van der Waals surface area contributed by atoms with Crippen LogP contribution in [0, 0.1) is 5.92 Å². The number of rotatable bonds is 17. The molecule has 1 N–H and O–H groups in total. The fourth-order valence-corrected chi connectivity index (χ4v) is 4.12. The van der Waals surface area contributed by atoms with Crippen molar-refractivity contribution in [1.29, 1.82) is 0 Å². The summed E-state index contributed by atoms with van der Waals surface area (Å²) in [4.78, 5) is 11.0. The molecule has 0 radical (unpaired) electrons. The molecule has 186 valence electrons. The highest BCUT2D eigenvalue weighted by Crippen LogP contribution is 2.23. The second-order valence-electron chi connectivity index (χ2n) is 9.36. The van der Waals surface area contributed by atoms with Crippen LogP contribution in [0.2, 0.25) is 0 Å². The molecule has 5 heteroatoms. The molecule has 34 heavy (non-hydrogen) atoms. The average molecular weight is 469 g/mol. The maximum Gasteiger partial charge on any atom is 0.335 e. The summed E-state index contributed by atoms with van der Waals surface area (Å²) in [6.07, 6.45) is 11.6. The zero-order valence-corrected chi connectivity index (χ0v) is 20.5. The molecule has 0 aromatic heterocycles. The molecule has 2 unspecified atom stereocenters. The molecule has 5 nitrogen and oxygen atoms in total. The van der Waals surface area contributed by atoms with Gasteiger partial charge in [0.05, 0.1) is 31.5 Å². The SMILES string of the molecule is CC1COC1COCCCCCCCCCCCOc1ccc(-c2ccc(C(=O)O)cc2)cc1. The molecule has 1 heterocycles. The van der Waals surface area contributed by atoms with E-state index in [0.717, 1.165) is 56.1 Å². The van der Waals surface area contributed by atoms with Crippen molar-refractivity contribution in [2.75, 3.05) is 26.4 Å². The minimum absolute atomic E-state index is 0.300. The summed E-state index contributed by atoms with van der Waals surface area (Å²) in [6.45, 7) is 5.50. The number of carboxylic acids is 1. The first-order chi connectivity index (χ1) is 16.6.